The highest BCUT2D eigenvalue weighted by atomic mass is 16.2. The number of nitrogens with zero attached hydrogens (tertiary/aromatic N) is 1. The molecule has 1 saturated heterocycles. The van der Waals surface area contributed by atoms with E-state index in [2.05, 4.69) is 35.2 Å². The zero-order valence-electron chi connectivity index (χ0n) is 10.4. The molecule has 3 rings (SSSR count). The lowest BCUT2D eigenvalue weighted by Gasteiger charge is -2.23. The minimum Gasteiger partial charge on any atom is -0.336 e. The van der Waals surface area contributed by atoms with Crippen LogP contribution in [0.3, 0.4) is 0 Å². The molecule has 1 heterocycles. The fraction of sp³-hybridized carbons (Fsp3) is 0.533. The number of hydrogen-bond donors (Lipinski definition) is 0. The standard InChI is InChI=1S/C15H19NO/c1-2-14(17)16-11-13(10-15(16)8-9-15)12-6-4-3-5-7-12/h3-7,13H,2,8-11H2,1H3. The number of carbonyl (C=O) groups excluding carboxylic acids is 1. The largest absolute Gasteiger partial charge is 0.336 e. The smallest absolute Gasteiger partial charge is 0.222 e. The molecule has 1 amide bonds. The molecule has 1 aromatic carbocycles. The van der Waals surface area contributed by atoms with Gasteiger partial charge in [0, 0.05) is 24.4 Å². The van der Waals surface area contributed by atoms with Gasteiger partial charge in [-0.1, -0.05) is 37.3 Å². The molecule has 1 aliphatic heterocycles. The summed E-state index contributed by atoms with van der Waals surface area (Å²) in [7, 11) is 0. The van der Waals surface area contributed by atoms with E-state index in [1.165, 1.54) is 24.8 Å². The van der Waals surface area contributed by atoms with E-state index in [0.717, 1.165) is 6.54 Å². The molecule has 1 atom stereocenters. The fourth-order valence-electron chi connectivity index (χ4n) is 3.17. The second-order valence-electron chi connectivity index (χ2n) is 5.39. The van der Waals surface area contributed by atoms with Gasteiger partial charge in [0.15, 0.2) is 0 Å². The molecule has 1 unspecified atom stereocenters. The van der Waals surface area contributed by atoms with Gasteiger partial charge in [-0.2, -0.15) is 0 Å². The summed E-state index contributed by atoms with van der Waals surface area (Å²) < 4.78 is 0. The van der Waals surface area contributed by atoms with Crippen LogP contribution in [0.15, 0.2) is 30.3 Å². The monoisotopic (exact) mass is 229 g/mol. The van der Waals surface area contributed by atoms with Gasteiger partial charge in [-0.3, -0.25) is 4.79 Å². The average molecular weight is 229 g/mol. The van der Waals surface area contributed by atoms with Crippen molar-refractivity contribution >= 4 is 5.91 Å². The molecule has 1 aromatic rings. The van der Waals surface area contributed by atoms with Gasteiger partial charge in [0.25, 0.3) is 0 Å². The van der Waals surface area contributed by atoms with E-state index >= 15 is 0 Å². The van der Waals surface area contributed by atoms with E-state index in [9.17, 15) is 4.79 Å². The minimum atomic E-state index is 0.244. The first-order chi connectivity index (χ1) is 8.25. The molecule has 17 heavy (non-hydrogen) atoms. The van der Waals surface area contributed by atoms with Crippen molar-refractivity contribution in [2.24, 2.45) is 0 Å². The quantitative estimate of drug-likeness (QED) is 0.763. The third kappa shape index (κ3) is 1.76. The highest BCUT2D eigenvalue weighted by molar-refractivity contribution is 5.78. The fourth-order valence-corrected chi connectivity index (χ4v) is 3.17. The lowest BCUT2D eigenvalue weighted by atomic mass is 9.96. The van der Waals surface area contributed by atoms with Gasteiger partial charge in [-0.05, 0) is 24.8 Å². The first-order valence-corrected chi connectivity index (χ1v) is 6.60. The van der Waals surface area contributed by atoms with Crippen molar-refractivity contribution in [1.29, 1.82) is 0 Å². The Labute approximate surface area is 103 Å². The normalized spacial score (nSPS) is 25.2. The topological polar surface area (TPSA) is 20.3 Å². The molecule has 0 N–H and O–H groups in total. The molecular formula is C15H19NO. The van der Waals surface area contributed by atoms with E-state index in [-0.39, 0.29) is 5.54 Å². The van der Waals surface area contributed by atoms with E-state index in [4.69, 9.17) is 0 Å². The van der Waals surface area contributed by atoms with Crippen molar-refractivity contribution in [2.45, 2.75) is 44.1 Å². The SMILES string of the molecule is CCC(=O)N1CC(c2ccccc2)CC12CC2. The Kier molecular flexibility index (Phi) is 2.46. The molecule has 1 saturated carbocycles. The Morgan fingerprint density at radius 2 is 2.06 bits per heavy atom. The van der Waals surface area contributed by atoms with Crippen molar-refractivity contribution in [3.63, 3.8) is 0 Å². The van der Waals surface area contributed by atoms with Gasteiger partial charge in [0.1, 0.15) is 0 Å². The van der Waals surface area contributed by atoms with Crippen LogP contribution in [0.5, 0.6) is 0 Å². The van der Waals surface area contributed by atoms with Crippen LogP contribution >= 0.6 is 0 Å². The summed E-state index contributed by atoms with van der Waals surface area (Å²) in [6.07, 6.45) is 4.23. The first-order valence-electron chi connectivity index (χ1n) is 6.60. The molecule has 0 radical (unpaired) electrons. The van der Waals surface area contributed by atoms with Crippen LogP contribution in [-0.4, -0.2) is 22.9 Å². The Morgan fingerprint density at radius 3 is 2.65 bits per heavy atom. The summed E-state index contributed by atoms with van der Waals surface area (Å²) in [4.78, 5) is 14.1. The molecule has 2 aliphatic rings. The number of benzene rings is 1. The molecule has 1 spiro atoms. The van der Waals surface area contributed by atoms with E-state index < -0.39 is 0 Å². The lowest BCUT2D eigenvalue weighted by molar-refractivity contribution is -0.132. The third-order valence-electron chi connectivity index (χ3n) is 4.30. The molecule has 2 fully saturated rings. The highest BCUT2D eigenvalue weighted by Crippen LogP contribution is 2.53. The van der Waals surface area contributed by atoms with Crippen LogP contribution in [-0.2, 0) is 4.79 Å². The van der Waals surface area contributed by atoms with Gasteiger partial charge < -0.3 is 4.90 Å². The highest BCUT2D eigenvalue weighted by Gasteiger charge is 2.55. The zero-order valence-corrected chi connectivity index (χ0v) is 10.4. The Hall–Kier alpha value is -1.31. The van der Waals surface area contributed by atoms with E-state index in [1.807, 2.05) is 6.92 Å². The molecule has 1 aliphatic carbocycles. The van der Waals surface area contributed by atoms with Gasteiger partial charge >= 0.3 is 0 Å². The summed E-state index contributed by atoms with van der Waals surface area (Å²) >= 11 is 0. The molecule has 2 heteroatoms. The van der Waals surface area contributed by atoms with Gasteiger partial charge in [-0.15, -0.1) is 0 Å². The summed E-state index contributed by atoms with van der Waals surface area (Å²) in [5.41, 5.74) is 1.64. The maximum atomic E-state index is 12.0. The summed E-state index contributed by atoms with van der Waals surface area (Å²) in [5.74, 6) is 0.884. The summed E-state index contributed by atoms with van der Waals surface area (Å²) in [6, 6.07) is 10.6. The van der Waals surface area contributed by atoms with Crippen molar-refractivity contribution in [3.05, 3.63) is 35.9 Å². The Morgan fingerprint density at radius 1 is 1.35 bits per heavy atom. The lowest BCUT2D eigenvalue weighted by Crippen LogP contribution is -2.36. The predicted molar refractivity (Wildman–Crippen MR) is 67.8 cm³/mol. The van der Waals surface area contributed by atoms with Gasteiger partial charge in [0.2, 0.25) is 5.91 Å². The maximum absolute atomic E-state index is 12.0. The predicted octanol–water partition coefficient (Wildman–Crippen LogP) is 2.95. The van der Waals surface area contributed by atoms with Gasteiger partial charge in [-0.25, -0.2) is 0 Å². The summed E-state index contributed by atoms with van der Waals surface area (Å²) in [5, 5.41) is 0. The number of hydrogen-bond acceptors (Lipinski definition) is 1. The Balaban J connectivity index is 1.82. The minimum absolute atomic E-state index is 0.244. The number of rotatable bonds is 2. The van der Waals surface area contributed by atoms with E-state index in [0.29, 0.717) is 18.2 Å². The second kappa shape index (κ2) is 3.86. The molecule has 2 nitrogen and oxygen atoms in total. The molecule has 90 valence electrons. The van der Waals surface area contributed by atoms with Crippen molar-refractivity contribution < 1.29 is 4.79 Å². The molecule has 0 bridgehead atoms. The van der Waals surface area contributed by atoms with Crippen LogP contribution in [0.2, 0.25) is 0 Å². The zero-order chi connectivity index (χ0) is 11.9. The first kappa shape index (κ1) is 10.8. The molecular weight excluding hydrogens is 210 g/mol. The van der Waals surface area contributed by atoms with Crippen molar-refractivity contribution in [1.82, 2.24) is 4.90 Å². The number of amides is 1. The van der Waals surface area contributed by atoms with Crippen molar-refractivity contribution in [3.8, 4) is 0 Å². The van der Waals surface area contributed by atoms with Crippen LogP contribution in [0, 0.1) is 0 Å². The second-order valence-corrected chi connectivity index (χ2v) is 5.39. The Bertz CT molecular complexity index is 422. The average Bonchev–Trinajstić information content (AvgIpc) is 3.03. The number of likely N-dealkylation sites (tertiary alicyclic amines) is 1. The van der Waals surface area contributed by atoms with E-state index in [1.54, 1.807) is 0 Å². The maximum Gasteiger partial charge on any atom is 0.222 e. The van der Waals surface area contributed by atoms with Crippen LogP contribution in [0.1, 0.15) is 44.1 Å². The molecule has 0 aromatic heterocycles. The van der Waals surface area contributed by atoms with Crippen molar-refractivity contribution in [2.75, 3.05) is 6.54 Å². The summed E-state index contributed by atoms with van der Waals surface area (Å²) in [6.45, 7) is 2.89. The van der Waals surface area contributed by atoms with Crippen LogP contribution in [0.25, 0.3) is 0 Å². The van der Waals surface area contributed by atoms with Crippen LogP contribution in [0.4, 0.5) is 0 Å². The number of carbonyl (C=O) groups is 1. The van der Waals surface area contributed by atoms with Crippen LogP contribution < -0.4 is 0 Å². The third-order valence-corrected chi connectivity index (χ3v) is 4.30. The van der Waals surface area contributed by atoms with Gasteiger partial charge in [0.05, 0.1) is 0 Å².